The second-order valence-electron chi connectivity index (χ2n) is 7.78. The Hall–Kier alpha value is -3.60. The van der Waals surface area contributed by atoms with Crippen molar-refractivity contribution in [2.75, 3.05) is 38.1 Å². The molecule has 2 aromatic rings. The molecule has 33 heavy (non-hydrogen) atoms. The summed E-state index contributed by atoms with van der Waals surface area (Å²) in [5.74, 6) is -2.39. The molecule has 0 radical (unpaired) electrons. The molecule has 1 aliphatic rings. The Labute approximate surface area is 190 Å². The summed E-state index contributed by atoms with van der Waals surface area (Å²) < 4.78 is 24.5. The number of nitrogens with one attached hydrogen (secondary N) is 2. The molecular weight excluding hydrogens is 434 g/mol. The zero-order chi connectivity index (χ0) is 24.0. The van der Waals surface area contributed by atoms with Gasteiger partial charge in [0.1, 0.15) is 0 Å². The summed E-state index contributed by atoms with van der Waals surface area (Å²) in [5, 5.41) is 0. The minimum atomic E-state index is -3.24. The van der Waals surface area contributed by atoms with Crippen LogP contribution in [0.5, 0.6) is 0 Å². The van der Waals surface area contributed by atoms with Crippen LogP contribution >= 0.6 is 0 Å². The van der Waals surface area contributed by atoms with E-state index in [1.54, 1.807) is 21.3 Å². The summed E-state index contributed by atoms with van der Waals surface area (Å²) in [6, 6.07) is 10.5. The maximum atomic E-state index is 13.3. The number of nitrogens with zero attached hydrogens (tertiary/aromatic N) is 4. The van der Waals surface area contributed by atoms with Crippen molar-refractivity contribution >= 4 is 23.5 Å². The lowest BCUT2D eigenvalue weighted by Crippen LogP contribution is -2.52. The first kappa shape index (κ1) is 24.1. The number of aryl methyl sites for hydroxylation is 1. The summed E-state index contributed by atoms with van der Waals surface area (Å²) in [7, 11) is 2.01. The Morgan fingerprint density at radius 2 is 1.82 bits per heavy atom. The first-order valence-electron chi connectivity index (χ1n) is 10.4. The number of hydrogen-bond donors (Lipinski definition) is 2. The molecule has 1 fully saturated rings. The molecule has 0 spiro atoms. The van der Waals surface area contributed by atoms with Gasteiger partial charge in [-0.25, -0.2) is 4.79 Å². The van der Waals surface area contributed by atoms with E-state index in [-0.39, 0.29) is 18.1 Å². The van der Waals surface area contributed by atoms with Crippen LogP contribution in [0.25, 0.3) is 0 Å². The van der Waals surface area contributed by atoms with Crippen molar-refractivity contribution in [2.24, 2.45) is 0 Å². The predicted molar refractivity (Wildman–Crippen MR) is 118 cm³/mol. The molecular formula is C22H26F2N6O3. The fraction of sp³-hybridized carbons (Fsp3) is 0.364. The molecule has 0 saturated carbocycles. The third-order valence-electron chi connectivity index (χ3n) is 5.22. The fourth-order valence-electron chi connectivity index (χ4n) is 3.29. The van der Waals surface area contributed by atoms with Crippen molar-refractivity contribution in [3.8, 4) is 0 Å². The molecule has 0 atom stereocenters. The van der Waals surface area contributed by atoms with Gasteiger partial charge in [-0.2, -0.15) is 8.78 Å². The first-order valence-corrected chi connectivity index (χ1v) is 10.4. The zero-order valence-electron chi connectivity index (χ0n) is 18.4. The van der Waals surface area contributed by atoms with Crippen molar-refractivity contribution in [2.45, 2.75) is 19.9 Å². The van der Waals surface area contributed by atoms with E-state index in [1.165, 1.54) is 12.3 Å². The highest BCUT2D eigenvalue weighted by Gasteiger charge is 2.26. The average Bonchev–Trinajstić information content (AvgIpc) is 2.81. The van der Waals surface area contributed by atoms with Gasteiger partial charge in [0, 0.05) is 38.1 Å². The van der Waals surface area contributed by atoms with Gasteiger partial charge in [-0.1, -0.05) is 12.1 Å². The summed E-state index contributed by atoms with van der Waals surface area (Å²) in [6.07, 6.45) is -1.98. The van der Waals surface area contributed by atoms with Crippen LogP contribution in [-0.2, 0) is 11.3 Å². The van der Waals surface area contributed by atoms with Gasteiger partial charge in [0.15, 0.2) is 0 Å². The van der Waals surface area contributed by atoms with E-state index < -0.39 is 18.2 Å². The average molecular weight is 460 g/mol. The molecule has 2 heterocycles. The topological polar surface area (TPSA) is 97.9 Å². The number of rotatable bonds is 5. The third-order valence-corrected chi connectivity index (χ3v) is 5.22. The van der Waals surface area contributed by atoms with Crippen LogP contribution in [-0.4, -0.2) is 72.3 Å². The van der Waals surface area contributed by atoms with Gasteiger partial charge in [-0.05, 0) is 43.8 Å². The Balaban J connectivity index is 1.73. The number of carbonyl (C=O) groups excluding carboxylic acids is 3. The smallest absolute Gasteiger partial charge is 0.322 e. The summed E-state index contributed by atoms with van der Waals surface area (Å²) in [6.45, 7) is 4.94. The number of amides is 4. The van der Waals surface area contributed by atoms with Crippen LogP contribution in [0.1, 0.15) is 21.6 Å². The zero-order valence-corrected chi connectivity index (χ0v) is 18.4. The number of benzene rings is 1. The maximum Gasteiger partial charge on any atom is 0.324 e. The van der Waals surface area contributed by atoms with E-state index in [0.29, 0.717) is 18.8 Å². The number of urea groups is 1. The van der Waals surface area contributed by atoms with Crippen LogP contribution in [0.3, 0.4) is 0 Å². The third kappa shape index (κ3) is 6.45. The van der Waals surface area contributed by atoms with E-state index >= 15 is 0 Å². The minimum absolute atomic E-state index is 0.0702. The number of likely N-dealkylation sites (N-methyl/N-ethyl adjacent to an activating group) is 1. The molecule has 2 N–H and O–H groups in total. The predicted octanol–water partition coefficient (Wildman–Crippen LogP) is 1.79. The lowest BCUT2D eigenvalue weighted by atomic mass is 10.2. The molecule has 9 nitrogen and oxygen atoms in total. The molecule has 1 saturated heterocycles. The number of carbonyl (C=O) groups is 3. The first-order chi connectivity index (χ1) is 15.7. The molecule has 0 aliphatic carbocycles. The van der Waals surface area contributed by atoms with E-state index in [2.05, 4.69) is 9.88 Å². The molecule has 0 bridgehead atoms. The highest BCUT2D eigenvalue weighted by atomic mass is 19.3. The van der Waals surface area contributed by atoms with E-state index in [1.807, 2.05) is 43.7 Å². The molecule has 1 aromatic carbocycles. The van der Waals surface area contributed by atoms with Gasteiger partial charge in [-0.15, -0.1) is 0 Å². The number of piperazine rings is 1. The van der Waals surface area contributed by atoms with Gasteiger partial charge in [0.25, 0.3) is 5.91 Å². The lowest BCUT2D eigenvalue weighted by Gasteiger charge is -2.36. The number of hydrogen-bond acceptors (Lipinski definition) is 5. The Kier molecular flexibility index (Phi) is 7.88. The van der Waals surface area contributed by atoms with Crippen LogP contribution < -0.4 is 15.8 Å². The van der Waals surface area contributed by atoms with Gasteiger partial charge >= 0.3 is 18.4 Å². The van der Waals surface area contributed by atoms with Gasteiger partial charge in [-0.3, -0.25) is 30.3 Å². The number of alkyl halides is 2. The fourth-order valence-corrected chi connectivity index (χ4v) is 3.29. The normalized spacial score (nSPS) is 14.2. The molecule has 3 rings (SSSR count). The second-order valence-corrected chi connectivity index (χ2v) is 7.78. The van der Waals surface area contributed by atoms with Crippen LogP contribution in [0, 0.1) is 6.92 Å². The number of aromatic nitrogens is 1. The molecule has 11 heteroatoms. The maximum absolute atomic E-state index is 13.3. The standard InChI is InChI=1S/C22H26F2N6O3/c1-15-4-3-5-18(12-15)30(22(33)29-10-8-28(2)9-11-29)14-17-7-6-16(13-25-17)20(31)26-27-21(32)19(23)24/h3-7,12-13,19H,8-11,14H2,1-2H3,(H,26,31)(H,27,32). The lowest BCUT2D eigenvalue weighted by molar-refractivity contribution is -0.132. The number of halogens is 2. The highest BCUT2D eigenvalue weighted by Crippen LogP contribution is 2.21. The van der Waals surface area contributed by atoms with Crippen molar-refractivity contribution < 1.29 is 23.2 Å². The summed E-state index contributed by atoms with van der Waals surface area (Å²) in [5.41, 5.74) is 5.88. The SMILES string of the molecule is Cc1cccc(N(Cc2ccc(C(=O)NNC(=O)C(F)F)cn2)C(=O)N2CCN(C)CC2)c1. The van der Waals surface area contributed by atoms with Crippen LogP contribution in [0.4, 0.5) is 19.3 Å². The van der Waals surface area contributed by atoms with Crippen molar-refractivity contribution in [3.05, 3.63) is 59.4 Å². The Morgan fingerprint density at radius 3 is 2.42 bits per heavy atom. The number of hydrazine groups is 1. The molecule has 1 aliphatic heterocycles. The van der Waals surface area contributed by atoms with Gasteiger partial charge in [0.2, 0.25) is 0 Å². The van der Waals surface area contributed by atoms with Crippen molar-refractivity contribution in [1.29, 1.82) is 0 Å². The number of anilines is 1. The summed E-state index contributed by atoms with van der Waals surface area (Å²) >= 11 is 0. The molecule has 1 aromatic heterocycles. The molecule has 176 valence electrons. The number of pyridine rings is 1. The molecule has 0 unspecified atom stereocenters. The van der Waals surface area contributed by atoms with E-state index in [0.717, 1.165) is 24.3 Å². The largest absolute Gasteiger partial charge is 0.324 e. The second kappa shape index (κ2) is 10.8. The van der Waals surface area contributed by atoms with Crippen LogP contribution in [0.15, 0.2) is 42.6 Å². The van der Waals surface area contributed by atoms with Gasteiger partial charge in [0.05, 0.1) is 17.8 Å². The van der Waals surface area contributed by atoms with Crippen molar-refractivity contribution in [3.63, 3.8) is 0 Å². The molecule has 4 amide bonds. The Morgan fingerprint density at radius 1 is 1.09 bits per heavy atom. The van der Waals surface area contributed by atoms with E-state index in [4.69, 9.17) is 0 Å². The van der Waals surface area contributed by atoms with E-state index in [9.17, 15) is 23.2 Å². The Bertz CT molecular complexity index is 994. The highest BCUT2D eigenvalue weighted by molar-refractivity contribution is 5.95. The quantitative estimate of drug-likeness (QED) is 0.663. The van der Waals surface area contributed by atoms with Crippen LogP contribution in [0.2, 0.25) is 0 Å². The monoisotopic (exact) mass is 460 g/mol. The van der Waals surface area contributed by atoms with Gasteiger partial charge < -0.3 is 9.80 Å². The minimum Gasteiger partial charge on any atom is -0.322 e. The van der Waals surface area contributed by atoms with Crippen molar-refractivity contribution in [1.82, 2.24) is 25.6 Å². The summed E-state index contributed by atoms with van der Waals surface area (Å²) in [4.78, 5) is 46.1.